The van der Waals surface area contributed by atoms with Crippen LogP contribution in [0, 0.1) is 12.7 Å². The van der Waals surface area contributed by atoms with Crippen molar-refractivity contribution in [1.29, 1.82) is 0 Å². The molecule has 27 heavy (non-hydrogen) atoms. The molecule has 6 nitrogen and oxygen atoms in total. The average Bonchev–Trinajstić information content (AvgIpc) is 3.03. The van der Waals surface area contributed by atoms with Crippen molar-refractivity contribution < 1.29 is 18.3 Å². The van der Waals surface area contributed by atoms with E-state index in [0.29, 0.717) is 21.2 Å². The van der Waals surface area contributed by atoms with Crippen LogP contribution in [0.5, 0.6) is 5.75 Å². The molecule has 0 spiro atoms. The van der Waals surface area contributed by atoms with E-state index in [-0.39, 0.29) is 12.1 Å². The molecule has 0 saturated carbocycles. The molecule has 0 aliphatic heterocycles. The molecule has 8 heteroatoms. The number of nitrogens with zero attached hydrogens (tertiary/aromatic N) is 1. The number of carbonyl (C=O) groups is 1. The van der Waals surface area contributed by atoms with Gasteiger partial charge in [-0.1, -0.05) is 17.4 Å². The van der Waals surface area contributed by atoms with Gasteiger partial charge in [0.15, 0.2) is 11.7 Å². The minimum Gasteiger partial charge on any atom is -0.484 e. The summed E-state index contributed by atoms with van der Waals surface area (Å²) in [5.41, 5.74) is 0.963. The van der Waals surface area contributed by atoms with E-state index < -0.39 is 17.3 Å². The van der Waals surface area contributed by atoms with Crippen LogP contribution in [0.3, 0.4) is 0 Å². The normalized spacial score (nSPS) is 11.0. The Balaban J connectivity index is 1.46. The minimum absolute atomic E-state index is 0.221. The number of rotatable bonds is 4. The van der Waals surface area contributed by atoms with E-state index in [4.69, 9.17) is 9.15 Å². The van der Waals surface area contributed by atoms with Gasteiger partial charge in [-0.15, -0.1) is 0 Å². The molecule has 2 heterocycles. The van der Waals surface area contributed by atoms with Crippen molar-refractivity contribution in [2.24, 2.45) is 0 Å². The summed E-state index contributed by atoms with van der Waals surface area (Å²) >= 11 is 1.18. The predicted octanol–water partition coefficient (Wildman–Crippen LogP) is 3.87. The van der Waals surface area contributed by atoms with Gasteiger partial charge in [0.2, 0.25) is 0 Å². The number of thiazole rings is 1. The number of ether oxygens (including phenoxy) is 1. The second-order valence-corrected chi connectivity index (χ2v) is 6.88. The number of anilines is 1. The van der Waals surface area contributed by atoms with Crippen LogP contribution in [0.2, 0.25) is 0 Å². The van der Waals surface area contributed by atoms with E-state index >= 15 is 0 Å². The molecule has 2 aromatic carbocycles. The number of carbonyl (C=O) groups excluding carboxylic acids is 1. The SMILES string of the molecule is Cc1cc(=O)oc2cc(OCC(=O)Nc3nc4c(F)cccc4s3)ccc12. The largest absolute Gasteiger partial charge is 0.484 e. The number of amides is 1. The second-order valence-electron chi connectivity index (χ2n) is 5.85. The van der Waals surface area contributed by atoms with Crippen LogP contribution in [0.15, 0.2) is 51.7 Å². The summed E-state index contributed by atoms with van der Waals surface area (Å²) in [6.45, 7) is 1.55. The maximum Gasteiger partial charge on any atom is 0.336 e. The molecule has 0 atom stereocenters. The molecule has 136 valence electrons. The van der Waals surface area contributed by atoms with E-state index in [2.05, 4.69) is 10.3 Å². The molecule has 1 N–H and O–H groups in total. The first-order valence-corrected chi connectivity index (χ1v) is 8.83. The zero-order chi connectivity index (χ0) is 19.0. The molecule has 4 rings (SSSR count). The van der Waals surface area contributed by atoms with Crippen LogP contribution in [-0.4, -0.2) is 17.5 Å². The van der Waals surface area contributed by atoms with E-state index in [9.17, 15) is 14.0 Å². The lowest BCUT2D eigenvalue weighted by Gasteiger charge is -2.07. The Morgan fingerprint density at radius 2 is 2.15 bits per heavy atom. The lowest BCUT2D eigenvalue weighted by molar-refractivity contribution is -0.118. The molecular weight excluding hydrogens is 371 g/mol. The highest BCUT2D eigenvalue weighted by atomic mass is 32.1. The van der Waals surface area contributed by atoms with Gasteiger partial charge in [-0.25, -0.2) is 14.2 Å². The first-order valence-electron chi connectivity index (χ1n) is 8.02. The fourth-order valence-corrected chi connectivity index (χ4v) is 3.56. The number of aromatic nitrogens is 1. The van der Waals surface area contributed by atoms with Crippen LogP contribution in [0.25, 0.3) is 21.2 Å². The van der Waals surface area contributed by atoms with Gasteiger partial charge in [0.05, 0.1) is 4.70 Å². The number of para-hydroxylation sites is 1. The van der Waals surface area contributed by atoms with Crippen LogP contribution in [-0.2, 0) is 4.79 Å². The summed E-state index contributed by atoms with van der Waals surface area (Å²) in [6.07, 6.45) is 0. The summed E-state index contributed by atoms with van der Waals surface area (Å²) in [5.74, 6) is -0.476. The molecular formula is C19H13FN2O4S. The van der Waals surface area contributed by atoms with Gasteiger partial charge in [-0.3, -0.25) is 10.1 Å². The molecule has 0 fully saturated rings. The summed E-state index contributed by atoms with van der Waals surface area (Å²) in [6, 6.07) is 11.1. The summed E-state index contributed by atoms with van der Waals surface area (Å²) < 4.78 is 24.9. The van der Waals surface area contributed by atoms with Crippen molar-refractivity contribution in [1.82, 2.24) is 4.98 Å². The highest BCUT2D eigenvalue weighted by Gasteiger charge is 2.11. The van der Waals surface area contributed by atoms with Crippen LogP contribution < -0.4 is 15.7 Å². The molecule has 0 aliphatic rings. The number of halogens is 1. The van der Waals surface area contributed by atoms with Crippen LogP contribution >= 0.6 is 11.3 Å². The van der Waals surface area contributed by atoms with E-state index in [0.717, 1.165) is 10.9 Å². The van der Waals surface area contributed by atoms with Gasteiger partial charge in [0.1, 0.15) is 22.7 Å². The molecule has 0 unspecified atom stereocenters. The number of fused-ring (bicyclic) bond motifs is 2. The average molecular weight is 384 g/mol. The Morgan fingerprint density at radius 1 is 1.30 bits per heavy atom. The first kappa shape index (κ1) is 17.2. The van der Waals surface area contributed by atoms with E-state index in [1.54, 1.807) is 30.3 Å². The highest BCUT2D eigenvalue weighted by Crippen LogP contribution is 2.27. The fourth-order valence-electron chi connectivity index (χ4n) is 2.67. The maximum atomic E-state index is 13.7. The van der Waals surface area contributed by atoms with Crippen LogP contribution in [0.1, 0.15) is 5.56 Å². The van der Waals surface area contributed by atoms with Crippen molar-refractivity contribution in [3.05, 3.63) is 64.3 Å². The molecule has 0 aliphatic carbocycles. The maximum absolute atomic E-state index is 13.7. The number of aryl methyl sites for hydroxylation is 1. The minimum atomic E-state index is -0.446. The van der Waals surface area contributed by atoms with Crippen molar-refractivity contribution in [2.75, 3.05) is 11.9 Å². The monoisotopic (exact) mass is 384 g/mol. The summed E-state index contributed by atoms with van der Waals surface area (Å²) in [7, 11) is 0. The Kier molecular flexibility index (Phi) is 4.33. The Morgan fingerprint density at radius 3 is 2.96 bits per heavy atom. The topological polar surface area (TPSA) is 81.4 Å². The quantitative estimate of drug-likeness (QED) is 0.540. The van der Waals surface area contributed by atoms with Crippen molar-refractivity contribution in [2.45, 2.75) is 6.92 Å². The summed E-state index contributed by atoms with van der Waals surface area (Å²) in [4.78, 5) is 27.6. The third-order valence-electron chi connectivity index (χ3n) is 3.91. The number of hydrogen-bond acceptors (Lipinski definition) is 6. The first-order chi connectivity index (χ1) is 13.0. The van der Waals surface area contributed by atoms with Crippen molar-refractivity contribution in [3.63, 3.8) is 0 Å². The van der Waals surface area contributed by atoms with Gasteiger partial charge < -0.3 is 9.15 Å². The van der Waals surface area contributed by atoms with Crippen molar-refractivity contribution in [3.8, 4) is 5.75 Å². The van der Waals surface area contributed by atoms with Crippen molar-refractivity contribution >= 4 is 43.6 Å². The molecule has 4 aromatic rings. The number of nitrogens with one attached hydrogen (secondary N) is 1. The second kappa shape index (κ2) is 6.81. The Bertz CT molecular complexity index is 1230. The van der Waals surface area contributed by atoms with Gasteiger partial charge in [-0.2, -0.15) is 0 Å². The predicted molar refractivity (Wildman–Crippen MR) is 101 cm³/mol. The van der Waals surface area contributed by atoms with Gasteiger partial charge in [0, 0.05) is 17.5 Å². The lowest BCUT2D eigenvalue weighted by atomic mass is 10.1. The molecule has 1 amide bonds. The molecule has 2 aromatic heterocycles. The van der Waals surface area contributed by atoms with E-state index in [1.807, 2.05) is 6.92 Å². The third-order valence-corrected chi connectivity index (χ3v) is 4.84. The fraction of sp³-hybridized carbons (Fsp3) is 0.105. The molecule has 0 bridgehead atoms. The highest BCUT2D eigenvalue weighted by molar-refractivity contribution is 7.22. The van der Waals surface area contributed by atoms with Gasteiger partial charge >= 0.3 is 5.63 Å². The number of benzene rings is 2. The summed E-state index contributed by atoms with van der Waals surface area (Å²) in [5, 5.41) is 3.68. The Hall–Kier alpha value is -3.26. The third kappa shape index (κ3) is 3.52. The molecule has 0 saturated heterocycles. The Labute approximate surface area is 156 Å². The smallest absolute Gasteiger partial charge is 0.336 e. The van der Waals surface area contributed by atoms with E-state index in [1.165, 1.54) is 23.5 Å². The standard InChI is InChI=1S/C19H13FN2O4S/c1-10-7-17(24)26-14-8-11(5-6-12(10)14)25-9-16(23)21-19-22-18-13(20)3-2-4-15(18)27-19/h2-8H,9H2,1H3,(H,21,22,23). The number of hydrogen-bond donors (Lipinski definition) is 1. The molecule has 0 radical (unpaired) electrons. The van der Waals surface area contributed by atoms with Crippen LogP contribution in [0.4, 0.5) is 9.52 Å². The zero-order valence-corrected chi connectivity index (χ0v) is 14.9. The van der Waals surface area contributed by atoms with Gasteiger partial charge in [0.25, 0.3) is 5.91 Å². The van der Waals surface area contributed by atoms with Gasteiger partial charge in [-0.05, 0) is 36.8 Å². The lowest BCUT2D eigenvalue weighted by Crippen LogP contribution is -2.20. The zero-order valence-electron chi connectivity index (χ0n) is 14.1.